The predicted molar refractivity (Wildman–Crippen MR) is 118 cm³/mol. The third-order valence-corrected chi connectivity index (χ3v) is 7.27. The molecule has 3 aromatic rings. The van der Waals surface area contributed by atoms with Gasteiger partial charge in [-0.15, -0.1) is 0 Å². The van der Waals surface area contributed by atoms with E-state index in [1.54, 1.807) is 4.52 Å². The van der Waals surface area contributed by atoms with Crippen molar-refractivity contribution in [3.63, 3.8) is 0 Å². The minimum Gasteiger partial charge on any atom is -0.346 e. The molecule has 2 aromatic heterocycles. The zero-order valence-corrected chi connectivity index (χ0v) is 18.9. The van der Waals surface area contributed by atoms with Crippen LogP contribution in [-0.4, -0.2) is 32.0 Å². The molecule has 2 aliphatic rings. The molecule has 172 valence electrons. The number of amides is 2. The number of halogens is 3. The second-order valence-corrected chi connectivity index (χ2v) is 9.63. The molecule has 5 rings (SSSR count). The molecule has 2 bridgehead atoms. The molecule has 0 spiro atoms. The second kappa shape index (κ2) is 7.48. The van der Waals surface area contributed by atoms with Gasteiger partial charge in [0.05, 0.1) is 22.3 Å². The highest BCUT2D eigenvalue weighted by Crippen LogP contribution is 2.57. The summed E-state index contributed by atoms with van der Waals surface area (Å²) >= 11 is 5.94. The molecule has 2 aliphatic carbocycles. The molecule has 2 amide bonds. The average Bonchev–Trinajstić information content (AvgIpc) is 3.42. The number of aryl methyl sites for hydroxylation is 2. The molecular formula is C23H22ClF2N5O2. The summed E-state index contributed by atoms with van der Waals surface area (Å²) in [7, 11) is 0. The van der Waals surface area contributed by atoms with E-state index >= 15 is 0 Å². The largest absolute Gasteiger partial charge is 0.346 e. The van der Waals surface area contributed by atoms with Gasteiger partial charge in [0.1, 0.15) is 11.4 Å². The van der Waals surface area contributed by atoms with Gasteiger partial charge in [-0.2, -0.15) is 5.10 Å². The van der Waals surface area contributed by atoms with Crippen molar-refractivity contribution in [3.8, 4) is 0 Å². The number of nitrogens with zero attached hydrogens (tertiary/aromatic N) is 3. The quantitative estimate of drug-likeness (QED) is 0.589. The molecule has 1 aromatic carbocycles. The van der Waals surface area contributed by atoms with Crippen molar-refractivity contribution in [1.29, 1.82) is 0 Å². The molecular weight excluding hydrogens is 452 g/mol. The van der Waals surface area contributed by atoms with E-state index in [1.807, 2.05) is 19.9 Å². The van der Waals surface area contributed by atoms with Crippen LogP contribution in [0.5, 0.6) is 0 Å². The van der Waals surface area contributed by atoms with Gasteiger partial charge in [-0.25, -0.2) is 18.3 Å². The van der Waals surface area contributed by atoms with Crippen molar-refractivity contribution in [2.24, 2.45) is 5.41 Å². The normalized spacial score (nSPS) is 23.8. The number of anilines is 1. The summed E-state index contributed by atoms with van der Waals surface area (Å²) in [5.74, 6) is -2.39. The van der Waals surface area contributed by atoms with Crippen LogP contribution in [-0.2, 0) is 4.79 Å². The molecule has 10 heteroatoms. The van der Waals surface area contributed by atoms with Crippen LogP contribution in [0.4, 0.5) is 14.5 Å². The lowest BCUT2D eigenvalue weighted by atomic mass is 9.83. The number of aromatic nitrogens is 3. The van der Waals surface area contributed by atoms with Crippen LogP contribution >= 0.6 is 11.6 Å². The van der Waals surface area contributed by atoms with Crippen LogP contribution in [0, 0.1) is 30.9 Å². The summed E-state index contributed by atoms with van der Waals surface area (Å²) in [6, 6.07) is 3.53. The van der Waals surface area contributed by atoms with Gasteiger partial charge < -0.3 is 10.6 Å². The zero-order chi connectivity index (χ0) is 23.5. The van der Waals surface area contributed by atoms with Crippen LogP contribution in [0.3, 0.4) is 0 Å². The van der Waals surface area contributed by atoms with Gasteiger partial charge in [-0.3, -0.25) is 9.59 Å². The van der Waals surface area contributed by atoms with Crippen LogP contribution < -0.4 is 10.6 Å². The Bertz CT molecular complexity index is 1290. The molecule has 2 fully saturated rings. The lowest BCUT2D eigenvalue weighted by Crippen LogP contribution is -2.45. The lowest BCUT2D eigenvalue weighted by molar-refractivity contribution is -0.125. The Morgan fingerprint density at radius 2 is 1.85 bits per heavy atom. The van der Waals surface area contributed by atoms with Gasteiger partial charge in [0, 0.05) is 23.0 Å². The third kappa shape index (κ3) is 3.55. The van der Waals surface area contributed by atoms with Gasteiger partial charge in [0.2, 0.25) is 5.91 Å². The molecule has 0 saturated heterocycles. The molecule has 2 N–H and O–H groups in total. The maximum absolute atomic E-state index is 14.2. The second-order valence-electron chi connectivity index (χ2n) is 9.22. The number of carbonyl (C=O) groups excluding carboxylic acids is 2. The fraction of sp³-hybridized carbons (Fsp3) is 0.391. The van der Waals surface area contributed by atoms with Crippen molar-refractivity contribution in [2.75, 3.05) is 5.32 Å². The maximum atomic E-state index is 14.2. The number of fused-ring (bicyclic) bond motifs is 3. The van der Waals surface area contributed by atoms with Crippen molar-refractivity contribution < 1.29 is 18.4 Å². The smallest absolute Gasteiger partial charge is 0.257 e. The SMILES string of the molecule is Cc1cc(C)n2ncc(C(=O)NC34CCC(C(=O)Nc5c(F)cc(F)cc5Cl)(CC3)C4)c2n1. The van der Waals surface area contributed by atoms with E-state index in [1.165, 1.54) is 6.20 Å². The Morgan fingerprint density at radius 3 is 2.55 bits per heavy atom. The molecule has 33 heavy (non-hydrogen) atoms. The first-order valence-electron chi connectivity index (χ1n) is 10.7. The van der Waals surface area contributed by atoms with E-state index < -0.39 is 22.6 Å². The topological polar surface area (TPSA) is 88.4 Å². The minimum atomic E-state index is -0.925. The van der Waals surface area contributed by atoms with Crippen molar-refractivity contribution in [3.05, 3.63) is 58.0 Å². The van der Waals surface area contributed by atoms with Crippen molar-refractivity contribution in [2.45, 2.75) is 51.5 Å². The Hall–Kier alpha value is -3.07. The fourth-order valence-corrected chi connectivity index (χ4v) is 5.57. The first-order valence-corrected chi connectivity index (χ1v) is 11.1. The Morgan fingerprint density at radius 1 is 1.12 bits per heavy atom. The van der Waals surface area contributed by atoms with Crippen molar-refractivity contribution >= 4 is 34.7 Å². The van der Waals surface area contributed by atoms with Gasteiger partial charge >= 0.3 is 0 Å². The lowest BCUT2D eigenvalue weighted by Gasteiger charge is -2.28. The molecule has 2 heterocycles. The number of benzene rings is 1. The molecule has 0 radical (unpaired) electrons. The number of hydrogen-bond acceptors (Lipinski definition) is 4. The summed E-state index contributed by atoms with van der Waals surface area (Å²) in [6.07, 6.45) is 4.27. The van der Waals surface area contributed by atoms with E-state index in [4.69, 9.17) is 11.6 Å². The van der Waals surface area contributed by atoms with Crippen molar-refractivity contribution in [1.82, 2.24) is 19.9 Å². The standard InChI is InChI=1S/C23H22ClF2N5O2/c1-12-7-13(2)31-19(28-12)15(10-27-31)20(32)30-23-5-3-22(11-23,4-6-23)21(33)29-18-16(24)8-14(25)9-17(18)26/h7-10H,3-6,11H2,1-2H3,(H,29,33)(H,30,32). The zero-order valence-electron chi connectivity index (χ0n) is 18.1. The highest BCUT2D eigenvalue weighted by atomic mass is 35.5. The monoisotopic (exact) mass is 473 g/mol. The van der Waals surface area contributed by atoms with Crippen LogP contribution in [0.1, 0.15) is 53.8 Å². The van der Waals surface area contributed by atoms with E-state index in [0.717, 1.165) is 17.5 Å². The average molecular weight is 474 g/mol. The number of hydrogen-bond donors (Lipinski definition) is 2. The minimum absolute atomic E-state index is 0.195. The molecule has 2 saturated carbocycles. The summed E-state index contributed by atoms with van der Waals surface area (Å²) in [5.41, 5.74) is 1.02. The van der Waals surface area contributed by atoms with Crippen LogP contribution in [0.25, 0.3) is 5.65 Å². The highest BCUT2D eigenvalue weighted by Gasteiger charge is 2.58. The summed E-state index contributed by atoms with van der Waals surface area (Å²) in [6.45, 7) is 3.75. The van der Waals surface area contributed by atoms with Gasteiger partial charge in [-0.05, 0) is 58.1 Å². The molecule has 0 aliphatic heterocycles. The van der Waals surface area contributed by atoms with Crippen LogP contribution in [0.15, 0.2) is 24.4 Å². The van der Waals surface area contributed by atoms with Crippen LogP contribution in [0.2, 0.25) is 5.02 Å². The summed E-state index contributed by atoms with van der Waals surface area (Å²) < 4.78 is 29.1. The van der Waals surface area contributed by atoms with E-state index in [9.17, 15) is 18.4 Å². The summed E-state index contributed by atoms with van der Waals surface area (Å²) in [4.78, 5) is 30.7. The van der Waals surface area contributed by atoms with Gasteiger partial charge in [-0.1, -0.05) is 11.6 Å². The first-order chi connectivity index (χ1) is 15.6. The third-order valence-electron chi connectivity index (χ3n) is 6.97. The predicted octanol–water partition coefficient (Wildman–Crippen LogP) is 4.35. The number of carbonyl (C=O) groups is 2. The maximum Gasteiger partial charge on any atom is 0.257 e. The number of nitrogens with one attached hydrogen (secondary N) is 2. The Balaban J connectivity index is 1.35. The van der Waals surface area contributed by atoms with Gasteiger partial charge in [0.15, 0.2) is 11.5 Å². The summed E-state index contributed by atoms with van der Waals surface area (Å²) in [5, 5.41) is 9.77. The Labute approximate surface area is 193 Å². The molecule has 0 atom stereocenters. The van der Waals surface area contributed by atoms with E-state index in [0.29, 0.717) is 49.4 Å². The fourth-order valence-electron chi connectivity index (χ4n) is 5.33. The van der Waals surface area contributed by atoms with Gasteiger partial charge in [0.25, 0.3) is 5.91 Å². The first kappa shape index (κ1) is 21.8. The Kier molecular flexibility index (Phi) is 4.93. The van der Waals surface area contributed by atoms with E-state index in [-0.39, 0.29) is 22.5 Å². The molecule has 0 unspecified atom stereocenters. The van der Waals surface area contributed by atoms with E-state index in [2.05, 4.69) is 20.7 Å². The number of rotatable bonds is 4. The molecule has 7 nitrogen and oxygen atoms in total. The highest BCUT2D eigenvalue weighted by molar-refractivity contribution is 6.33.